The van der Waals surface area contributed by atoms with Crippen LogP contribution in [-0.2, 0) is 6.54 Å². The molecular formula is C21H25N7O. The largest absolute Gasteiger partial charge is 0.394 e. The van der Waals surface area contributed by atoms with Crippen molar-refractivity contribution >= 4 is 22.6 Å². The van der Waals surface area contributed by atoms with Gasteiger partial charge >= 0.3 is 0 Å². The Labute approximate surface area is 169 Å². The van der Waals surface area contributed by atoms with Gasteiger partial charge in [-0.2, -0.15) is 0 Å². The van der Waals surface area contributed by atoms with Crippen molar-refractivity contribution in [1.29, 1.82) is 0 Å². The lowest BCUT2D eigenvalue weighted by atomic mass is 9.69. The average Bonchev–Trinajstić information content (AvgIpc) is 3.35. The van der Waals surface area contributed by atoms with Crippen LogP contribution in [0.3, 0.4) is 0 Å². The molecule has 0 amide bonds. The molecule has 0 spiro atoms. The van der Waals surface area contributed by atoms with Crippen LogP contribution in [0.15, 0.2) is 35.1 Å². The van der Waals surface area contributed by atoms with Crippen LogP contribution in [0.25, 0.3) is 16.7 Å². The van der Waals surface area contributed by atoms with E-state index in [0.29, 0.717) is 24.9 Å². The van der Waals surface area contributed by atoms with Gasteiger partial charge in [0, 0.05) is 36.7 Å². The number of hydrazine groups is 1. The van der Waals surface area contributed by atoms with Gasteiger partial charge in [-0.3, -0.25) is 0 Å². The van der Waals surface area contributed by atoms with E-state index < -0.39 is 0 Å². The van der Waals surface area contributed by atoms with Crippen molar-refractivity contribution in [2.45, 2.75) is 38.3 Å². The fourth-order valence-corrected chi connectivity index (χ4v) is 4.54. The fourth-order valence-electron chi connectivity index (χ4n) is 4.54. The number of aliphatic hydroxyl groups excluding tert-OH is 1. The average molecular weight is 391 g/mol. The zero-order valence-electron chi connectivity index (χ0n) is 16.5. The molecule has 8 heteroatoms. The molecule has 29 heavy (non-hydrogen) atoms. The monoisotopic (exact) mass is 391 g/mol. The molecule has 2 unspecified atom stereocenters. The Hall–Kier alpha value is -2.76. The molecule has 1 aliphatic carbocycles. The third kappa shape index (κ3) is 3.41. The van der Waals surface area contributed by atoms with Crippen LogP contribution >= 0.6 is 0 Å². The zero-order valence-corrected chi connectivity index (χ0v) is 16.5. The number of β-amino-alcohol motifs (C(OH)–C–C–N with tert-alkyl or cyclic N) is 1. The third-order valence-corrected chi connectivity index (χ3v) is 6.35. The van der Waals surface area contributed by atoms with Crippen LogP contribution in [0.2, 0.25) is 0 Å². The van der Waals surface area contributed by atoms with Gasteiger partial charge in [-0.15, -0.1) is 5.10 Å². The van der Waals surface area contributed by atoms with E-state index >= 15 is 0 Å². The standard InChI is InChI=1S/C21H25N7O/c1-21-7-6-15(11-17(21)3-2-8-22-21)13-28-20-19(25-26-28)5-4-18(24-20)16-12-23-27(14-16)9-10-29/h3-5,14-15,17,23,29H,6-7,9-13H2,1H3/t15-,17?,21?/m1/s1. The topological polar surface area (TPSA) is 91.5 Å². The number of aliphatic imine (C=N–C) groups is 1. The molecule has 4 heterocycles. The van der Waals surface area contributed by atoms with Crippen LogP contribution in [0.4, 0.5) is 0 Å². The highest BCUT2D eigenvalue weighted by atomic mass is 16.3. The number of rotatable bonds is 5. The molecule has 3 aliphatic rings. The normalized spacial score (nSPS) is 28.2. The highest BCUT2D eigenvalue weighted by molar-refractivity contribution is 5.75. The highest BCUT2D eigenvalue weighted by Crippen LogP contribution is 2.41. The molecule has 2 aromatic heterocycles. The molecule has 150 valence electrons. The van der Waals surface area contributed by atoms with Crippen LogP contribution in [-0.4, -0.2) is 61.2 Å². The molecule has 1 saturated carbocycles. The number of aliphatic hydroxyl groups is 1. The summed E-state index contributed by atoms with van der Waals surface area (Å²) in [6.45, 7) is 4.40. The maximum Gasteiger partial charge on any atom is 0.179 e. The summed E-state index contributed by atoms with van der Waals surface area (Å²) in [4.78, 5) is 9.43. The first-order valence-electron chi connectivity index (χ1n) is 10.2. The first-order chi connectivity index (χ1) is 14.1. The zero-order chi connectivity index (χ0) is 19.8. The molecule has 1 fully saturated rings. The predicted octanol–water partition coefficient (Wildman–Crippen LogP) is 1.55. The first-order valence-corrected chi connectivity index (χ1v) is 10.2. The fraction of sp³-hybridized carbons (Fsp3) is 0.524. The molecule has 0 saturated heterocycles. The Morgan fingerprint density at radius 3 is 3.21 bits per heavy atom. The predicted molar refractivity (Wildman–Crippen MR) is 110 cm³/mol. The number of hydrogen-bond acceptors (Lipinski definition) is 7. The van der Waals surface area contributed by atoms with Crippen molar-refractivity contribution in [3.8, 4) is 0 Å². The number of hydrogen-bond donors (Lipinski definition) is 2. The van der Waals surface area contributed by atoms with Gasteiger partial charge in [0.25, 0.3) is 0 Å². The summed E-state index contributed by atoms with van der Waals surface area (Å²) in [7, 11) is 0. The number of nitrogens with zero attached hydrogens (tertiary/aromatic N) is 6. The van der Waals surface area contributed by atoms with E-state index in [0.717, 1.165) is 48.2 Å². The Morgan fingerprint density at radius 1 is 1.38 bits per heavy atom. The molecule has 0 radical (unpaired) electrons. The van der Waals surface area contributed by atoms with E-state index in [-0.39, 0.29) is 12.1 Å². The van der Waals surface area contributed by atoms with Gasteiger partial charge in [0.05, 0.1) is 24.4 Å². The third-order valence-electron chi connectivity index (χ3n) is 6.35. The second kappa shape index (κ2) is 7.25. The smallest absolute Gasteiger partial charge is 0.179 e. The molecule has 2 N–H and O–H groups in total. The number of fused-ring (bicyclic) bond motifs is 2. The molecule has 3 atom stereocenters. The van der Waals surface area contributed by atoms with E-state index in [9.17, 15) is 0 Å². The lowest BCUT2D eigenvalue weighted by Crippen LogP contribution is -2.39. The van der Waals surface area contributed by atoms with Gasteiger partial charge in [0.15, 0.2) is 5.65 Å². The van der Waals surface area contributed by atoms with Crippen molar-refractivity contribution < 1.29 is 5.11 Å². The van der Waals surface area contributed by atoms with Gasteiger partial charge in [-0.1, -0.05) is 10.9 Å². The van der Waals surface area contributed by atoms with Crippen LogP contribution in [0.1, 0.15) is 31.9 Å². The maximum absolute atomic E-state index is 9.12. The summed E-state index contributed by atoms with van der Waals surface area (Å²) in [6, 6.07) is 3.97. The molecule has 5 rings (SSSR count). The van der Waals surface area contributed by atoms with Crippen molar-refractivity contribution in [2.24, 2.45) is 16.8 Å². The molecule has 0 bridgehead atoms. The molecule has 2 aliphatic heterocycles. The molecule has 0 aromatic carbocycles. The molecule has 2 aromatic rings. The minimum Gasteiger partial charge on any atom is -0.394 e. The number of nitrogens with one attached hydrogen (secondary N) is 1. The summed E-state index contributed by atoms with van der Waals surface area (Å²) < 4.78 is 1.95. The van der Waals surface area contributed by atoms with Gasteiger partial charge in [0.2, 0.25) is 0 Å². The van der Waals surface area contributed by atoms with E-state index in [1.807, 2.05) is 28.0 Å². The quantitative estimate of drug-likeness (QED) is 0.752. The molecule has 8 nitrogen and oxygen atoms in total. The summed E-state index contributed by atoms with van der Waals surface area (Å²) in [5, 5.41) is 19.7. The van der Waals surface area contributed by atoms with Crippen LogP contribution in [0.5, 0.6) is 0 Å². The summed E-state index contributed by atoms with van der Waals surface area (Å²) in [6.07, 6.45) is 7.37. The number of aromatic nitrogens is 4. The first kappa shape index (κ1) is 18.3. The lowest BCUT2D eigenvalue weighted by Gasteiger charge is -2.40. The van der Waals surface area contributed by atoms with Crippen molar-refractivity contribution in [3.05, 3.63) is 35.8 Å². The van der Waals surface area contributed by atoms with Gasteiger partial charge in [-0.25, -0.2) is 20.1 Å². The minimum absolute atomic E-state index is 0.0278. The second-order valence-electron chi connectivity index (χ2n) is 8.36. The maximum atomic E-state index is 9.12. The van der Waals surface area contributed by atoms with Crippen molar-refractivity contribution in [2.75, 3.05) is 19.7 Å². The van der Waals surface area contributed by atoms with E-state index in [1.165, 1.54) is 0 Å². The summed E-state index contributed by atoms with van der Waals surface area (Å²) in [5.74, 6) is 3.83. The van der Waals surface area contributed by atoms with Crippen LogP contribution in [0, 0.1) is 11.8 Å². The second-order valence-corrected chi connectivity index (χ2v) is 8.36. The SMILES string of the molecule is CC12CC[C@@H](Cn3nnc4ccc(C5=CN(CCO)NC5)nc43)CC1C=C=C=N2. The minimum atomic E-state index is -0.0278. The Balaban J connectivity index is 1.36. The van der Waals surface area contributed by atoms with Crippen molar-refractivity contribution in [3.63, 3.8) is 0 Å². The number of pyridine rings is 1. The van der Waals surface area contributed by atoms with E-state index in [4.69, 9.17) is 10.1 Å². The summed E-state index contributed by atoms with van der Waals surface area (Å²) >= 11 is 0. The van der Waals surface area contributed by atoms with E-state index in [1.54, 1.807) is 0 Å². The van der Waals surface area contributed by atoms with E-state index in [2.05, 4.69) is 45.3 Å². The molecular weight excluding hydrogens is 366 g/mol. The van der Waals surface area contributed by atoms with Crippen LogP contribution < -0.4 is 5.43 Å². The Morgan fingerprint density at radius 2 is 2.31 bits per heavy atom. The lowest BCUT2D eigenvalue weighted by molar-refractivity contribution is 0.178. The van der Waals surface area contributed by atoms with Crippen molar-refractivity contribution in [1.82, 2.24) is 30.4 Å². The van der Waals surface area contributed by atoms with Gasteiger partial charge in [-0.05, 0) is 50.3 Å². The van der Waals surface area contributed by atoms with Gasteiger partial charge in [0.1, 0.15) is 5.52 Å². The Bertz CT molecular complexity index is 1060. The Kier molecular flexibility index (Phi) is 4.57. The van der Waals surface area contributed by atoms with Gasteiger partial charge < -0.3 is 10.1 Å². The highest BCUT2D eigenvalue weighted by Gasteiger charge is 2.39. The summed E-state index contributed by atoms with van der Waals surface area (Å²) in [5.41, 5.74) is 9.92.